The summed E-state index contributed by atoms with van der Waals surface area (Å²) in [7, 11) is 1.32. The number of carbonyl (C=O) groups excluding carboxylic acids is 2. The predicted octanol–water partition coefficient (Wildman–Crippen LogP) is 3.51. The molecule has 1 aliphatic rings. The molecule has 0 radical (unpaired) electrons. The molecular weight excluding hydrogens is 356 g/mol. The number of ether oxygens (including phenoxy) is 2. The van der Waals surface area contributed by atoms with E-state index >= 15 is 0 Å². The van der Waals surface area contributed by atoms with E-state index in [2.05, 4.69) is 5.32 Å². The zero-order valence-corrected chi connectivity index (χ0v) is 16.0. The number of nitrogens with one attached hydrogen (secondary N) is 1. The van der Waals surface area contributed by atoms with Crippen molar-refractivity contribution in [3.05, 3.63) is 59.7 Å². The number of rotatable bonds is 6. The second-order valence-corrected chi connectivity index (χ2v) is 7.09. The van der Waals surface area contributed by atoms with E-state index in [9.17, 15) is 9.59 Å². The van der Waals surface area contributed by atoms with Crippen LogP contribution in [-0.2, 0) is 16.1 Å². The minimum absolute atomic E-state index is 0.0553. The summed E-state index contributed by atoms with van der Waals surface area (Å²) < 4.78 is 10.7. The Morgan fingerprint density at radius 2 is 1.93 bits per heavy atom. The van der Waals surface area contributed by atoms with Crippen molar-refractivity contribution >= 4 is 17.6 Å². The molecule has 2 atom stereocenters. The van der Waals surface area contributed by atoms with Crippen LogP contribution in [0.25, 0.3) is 0 Å². The number of anilines is 1. The summed E-state index contributed by atoms with van der Waals surface area (Å²) in [5, 5.41) is 2.93. The Bertz CT molecular complexity index is 823. The summed E-state index contributed by atoms with van der Waals surface area (Å²) in [4.78, 5) is 24.6. The van der Waals surface area contributed by atoms with Gasteiger partial charge in [-0.3, -0.25) is 4.79 Å². The van der Waals surface area contributed by atoms with Crippen LogP contribution in [0.5, 0.6) is 5.75 Å². The van der Waals surface area contributed by atoms with E-state index in [1.807, 2.05) is 30.3 Å². The zero-order chi connectivity index (χ0) is 19.9. The summed E-state index contributed by atoms with van der Waals surface area (Å²) in [5.74, 6) is -0.191. The third-order valence-corrected chi connectivity index (χ3v) is 4.98. The Balaban J connectivity index is 1.78. The van der Waals surface area contributed by atoms with Gasteiger partial charge in [-0.25, -0.2) is 4.79 Å². The normalized spacial score (nSPS) is 18.9. The smallest absolute Gasteiger partial charge is 0.337 e. The molecule has 0 aliphatic heterocycles. The summed E-state index contributed by atoms with van der Waals surface area (Å²) >= 11 is 0. The van der Waals surface area contributed by atoms with Gasteiger partial charge in [0.15, 0.2) is 0 Å². The molecule has 2 aromatic rings. The Labute approximate surface area is 165 Å². The Hall–Kier alpha value is -2.86. The number of amides is 1. The number of benzene rings is 2. The third kappa shape index (κ3) is 5.10. The van der Waals surface area contributed by atoms with E-state index in [4.69, 9.17) is 15.2 Å². The highest BCUT2D eigenvalue weighted by Gasteiger charge is 2.26. The lowest BCUT2D eigenvalue weighted by molar-refractivity contribution is -0.120. The Morgan fingerprint density at radius 3 is 2.64 bits per heavy atom. The predicted molar refractivity (Wildman–Crippen MR) is 107 cm³/mol. The van der Waals surface area contributed by atoms with E-state index in [1.165, 1.54) is 7.11 Å². The molecule has 6 heteroatoms. The summed E-state index contributed by atoms with van der Waals surface area (Å²) in [6, 6.07) is 14.7. The first-order chi connectivity index (χ1) is 13.6. The topological polar surface area (TPSA) is 90.6 Å². The minimum Gasteiger partial charge on any atom is -0.487 e. The fourth-order valence-electron chi connectivity index (χ4n) is 3.43. The van der Waals surface area contributed by atoms with Gasteiger partial charge in [0.05, 0.1) is 18.4 Å². The van der Waals surface area contributed by atoms with Crippen molar-refractivity contribution in [3.8, 4) is 5.75 Å². The van der Waals surface area contributed by atoms with Crippen molar-refractivity contribution in [2.45, 2.75) is 38.3 Å². The van der Waals surface area contributed by atoms with Gasteiger partial charge in [-0.05, 0) is 43.0 Å². The molecule has 0 bridgehead atoms. The molecule has 2 aromatic carbocycles. The Kier molecular flexibility index (Phi) is 6.66. The monoisotopic (exact) mass is 382 g/mol. The third-order valence-electron chi connectivity index (χ3n) is 4.98. The SMILES string of the molecule is COC(=O)c1ccc(OCc2ccccc2)c(NC(=O)C2CCCC(N)C2)c1. The average molecular weight is 382 g/mol. The molecule has 0 aromatic heterocycles. The van der Waals surface area contributed by atoms with Crippen molar-refractivity contribution in [2.24, 2.45) is 11.7 Å². The molecule has 1 aliphatic carbocycles. The molecule has 3 N–H and O–H groups in total. The molecule has 28 heavy (non-hydrogen) atoms. The second-order valence-electron chi connectivity index (χ2n) is 7.09. The highest BCUT2D eigenvalue weighted by Crippen LogP contribution is 2.30. The van der Waals surface area contributed by atoms with Crippen LogP contribution in [0.4, 0.5) is 5.69 Å². The minimum atomic E-state index is -0.468. The van der Waals surface area contributed by atoms with Crippen LogP contribution < -0.4 is 15.8 Å². The molecule has 1 saturated carbocycles. The highest BCUT2D eigenvalue weighted by atomic mass is 16.5. The van der Waals surface area contributed by atoms with E-state index in [1.54, 1.807) is 18.2 Å². The maximum atomic E-state index is 12.8. The van der Waals surface area contributed by atoms with Crippen LogP contribution in [0.2, 0.25) is 0 Å². The maximum absolute atomic E-state index is 12.8. The first-order valence-electron chi connectivity index (χ1n) is 9.52. The highest BCUT2D eigenvalue weighted by molar-refractivity contribution is 5.97. The number of hydrogen-bond donors (Lipinski definition) is 2. The van der Waals surface area contributed by atoms with Gasteiger partial charge >= 0.3 is 5.97 Å². The van der Waals surface area contributed by atoms with Crippen molar-refractivity contribution in [3.63, 3.8) is 0 Å². The lowest BCUT2D eigenvalue weighted by atomic mass is 9.85. The molecule has 1 amide bonds. The fourth-order valence-corrected chi connectivity index (χ4v) is 3.43. The molecule has 148 valence electrons. The molecule has 3 rings (SSSR count). The zero-order valence-electron chi connectivity index (χ0n) is 16.0. The molecule has 0 heterocycles. The lowest BCUT2D eigenvalue weighted by Gasteiger charge is -2.26. The first-order valence-corrected chi connectivity index (χ1v) is 9.52. The van der Waals surface area contributed by atoms with Crippen molar-refractivity contribution in [2.75, 3.05) is 12.4 Å². The largest absolute Gasteiger partial charge is 0.487 e. The van der Waals surface area contributed by atoms with Crippen LogP contribution in [0.1, 0.15) is 41.6 Å². The number of hydrogen-bond acceptors (Lipinski definition) is 5. The van der Waals surface area contributed by atoms with Gasteiger partial charge in [-0.1, -0.05) is 36.8 Å². The number of carbonyl (C=O) groups is 2. The second kappa shape index (κ2) is 9.37. The molecular formula is C22H26N2O4. The summed E-state index contributed by atoms with van der Waals surface area (Å²) in [6.45, 7) is 0.357. The lowest BCUT2D eigenvalue weighted by Crippen LogP contribution is -2.34. The quantitative estimate of drug-likeness (QED) is 0.746. The van der Waals surface area contributed by atoms with E-state index in [0.717, 1.165) is 24.8 Å². The molecule has 6 nitrogen and oxygen atoms in total. The average Bonchev–Trinajstić information content (AvgIpc) is 2.73. The van der Waals surface area contributed by atoms with Crippen LogP contribution in [0.3, 0.4) is 0 Å². The molecule has 0 spiro atoms. The van der Waals surface area contributed by atoms with Crippen LogP contribution in [-0.4, -0.2) is 25.0 Å². The summed E-state index contributed by atoms with van der Waals surface area (Å²) in [5.41, 5.74) is 7.84. The van der Waals surface area contributed by atoms with Crippen LogP contribution >= 0.6 is 0 Å². The van der Waals surface area contributed by atoms with Crippen molar-refractivity contribution in [1.29, 1.82) is 0 Å². The molecule has 2 unspecified atom stereocenters. The Morgan fingerprint density at radius 1 is 1.14 bits per heavy atom. The van der Waals surface area contributed by atoms with Crippen LogP contribution in [0.15, 0.2) is 48.5 Å². The van der Waals surface area contributed by atoms with Gasteiger partial charge in [-0.15, -0.1) is 0 Å². The maximum Gasteiger partial charge on any atom is 0.337 e. The number of methoxy groups -OCH3 is 1. The van der Waals surface area contributed by atoms with E-state index in [-0.39, 0.29) is 17.9 Å². The fraction of sp³-hybridized carbons (Fsp3) is 0.364. The van der Waals surface area contributed by atoms with Gasteiger partial charge in [0, 0.05) is 12.0 Å². The van der Waals surface area contributed by atoms with E-state index in [0.29, 0.717) is 30.0 Å². The van der Waals surface area contributed by atoms with Crippen LogP contribution in [0, 0.1) is 5.92 Å². The van der Waals surface area contributed by atoms with Crippen molar-refractivity contribution in [1.82, 2.24) is 0 Å². The molecule has 0 saturated heterocycles. The summed E-state index contributed by atoms with van der Waals surface area (Å²) in [6.07, 6.45) is 3.38. The van der Waals surface area contributed by atoms with Gasteiger partial charge in [0.2, 0.25) is 5.91 Å². The van der Waals surface area contributed by atoms with Gasteiger partial charge < -0.3 is 20.5 Å². The molecule has 1 fully saturated rings. The number of esters is 1. The van der Waals surface area contributed by atoms with Gasteiger partial charge in [0.1, 0.15) is 12.4 Å². The standard InChI is InChI=1S/C22H26N2O4/c1-27-22(26)17-10-11-20(28-14-15-6-3-2-4-7-15)19(13-17)24-21(25)16-8-5-9-18(23)12-16/h2-4,6-7,10-11,13,16,18H,5,8-9,12,14,23H2,1H3,(H,24,25). The van der Waals surface area contributed by atoms with Gasteiger partial charge in [-0.2, -0.15) is 0 Å². The number of nitrogens with two attached hydrogens (primary N) is 1. The van der Waals surface area contributed by atoms with Crippen molar-refractivity contribution < 1.29 is 19.1 Å². The van der Waals surface area contributed by atoms with Gasteiger partial charge in [0.25, 0.3) is 0 Å². The van der Waals surface area contributed by atoms with E-state index < -0.39 is 5.97 Å². The first kappa shape index (κ1) is 19.9.